The monoisotopic (exact) mass is 440 g/mol. The Balaban J connectivity index is 1.83. The summed E-state index contributed by atoms with van der Waals surface area (Å²) in [6.07, 6.45) is -3.41. The third-order valence-corrected chi connectivity index (χ3v) is 4.24. The van der Waals surface area contributed by atoms with Crippen LogP contribution in [0.15, 0.2) is 48.7 Å². The van der Waals surface area contributed by atoms with Gasteiger partial charge in [0.25, 0.3) is 0 Å². The molecule has 0 aliphatic carbocycles. The average Bonchev–Trinajstić information content (AvgIpc) is 3.00. The van der Waals surface area contributed by atoms with Crippen LogP contribution >= 0.6 is 11.6 Å². The van der Waals surface area contributed by atoms with Gasteiger partial charge in [0.15, 0.2) is 5.75 Å². The fourth-order valence-corrected chi connectivity index (χ4v) is 3.02. The number of aryl methyl sites for hydroxylation is 1. The minimum absolute atomic E-state index is 0.143. The quantitative estimate of drug-likeness (QED) is 0.565. The number of methoxy groups -OCH3 is 1. The first-order valence-electron chi connectivity index (χ1n) is 8.46. The SMILES string of the molecule is COc1ccc(NC(=O)Nc2ccccc2OC(F)(F)F)cc1-c1c(Cl)cnn1C. The number of carbonyl (C=O) groups is 1. The zero-order valence-corrected chi connectivity index (χ0v) is 16.5. The molecule has 11 heteroatoms. The van der Waals surface area contributed by atoms with Crippen molar-refractivity contribution in [2.24, 2.45) is 7.05 Å². The summed E-state index contributed by atoms with van der Waals surface area (Å²) in [6, 6.07) is 9.25. The van der Waals surface area contributed by atoms with E-state index in [1.165, 1.54) is 31.5 Å². The van der Waals surface area contributed by atoms with E-state index in [1.807, 2.05) is 0 Å². The minimum Gasteiger partial charge on any atom is -0.496 e. The van der Waals surface area contributed by atoms with E-state index in [-0.39, 0.29) is 5.69 Å². The second-order valence-corrected chi connectivity index (χ2v) is 6.41. The lowest BCUT2D eigenvalue weighted by Gasteiger charge is -2.15. The van der Waals surface area contributed by atoms with Crippen molar-refractivity contribution in [3.05, 3.63) is 53.7 Å². The van der Waals surface area contributed by atoms with Gasteiger partial charge in [-0.05, 0) is 30.3 Å². The summed E-state index contributed by atoms with van der Waals surface area (Å²) in [5.74, 6) is -0.0346. The zero-order chi connectivity index (χ0) is 21.9. The summed E-state index contributed by atoms with van der Waals surface area (Å²) in [5.41, 5.74) is 1.35. The van der Waals surface area contributed by atoms with Gasteiger partial charge in [-0.1, -0.05) is 23.7 Å². The van der Waals surface area contributed by atoms with E-state index in [1.54, 1.807) is 29.9 Å². The molecule has 3 rings (SSSR count). The van der Waals surface area contributed by atoms with Crippen LogP contribution in [0.4, 0.5) is 29.3 Å². The fraction of sp³-hybridized carbons (Fsp3) is 0.158. The molecule has 1 aromatic heterocycles. The van der Waals surface area contributed by atoms with Gasteiger partial charge in [0.1, 0.15) is 5.75 Å². The van der Waals surface area contributed by atoms with Crippen LogP contribution in [0, 0.1) is 0 Å². The molecule has 2 N–H and O–H groups in total. The first-order chi connectivity index (χ1) is 14.2. The Morgan fingerprint density at radius 1 is 1.13 bits per heavy atom. The van der Waals surface area contributed by atoms with Crippen LogP contribution in [0.2, 0.25) is 5.02 Å². The number of rotatable bonds is 5. The molecule has 0 saturated carbocycles. The van der Waals surface area contributed by atoms with E-state index >= 15 is 0 Å². The number of urea groups is 1. The summed E-state index contributed by atoms with van der Waals surface area (Å²) < 4.78 is 48.4. The molecule has 0 bridgehead atoms. The van der Waals surface area contributed by atoms with E-state index in [0.717, 1.165) is 6.07 Å². The van der Waals surface area contributed by atoms with Crippen molar-refractivity contribution in [1.29, 1.82) is 0 Å². The lowest BCUT2D eigenvalue weighted by molar-refractivity contribution is -0.274. The zero-order valence-electron chi connectivity index (χ0n) is 15.7. The van der Waals surface area contributed by atoms with Crippen molar-refractivity contribution in [3.63, 3.8) is 0 Å². The normalized spacial score (nSPS) is 11.1. The maximum atomic E-state index is 12.5. The largest absolute Gasteiger partial charge is 0.573 e. The highest BCUT2D eigenvalue weighted by Crippen LogP contribution is 2.36. The lowest BCUT2D eigenvalue weighted by Crippen LogP contribution is -2.22. The Bertz CT molecular complexity index is 1050. The Morgan fingerprint density at radius 3 is 2.50 bits per heavy atom. The third-order valence-electron chi connectivity index (χ3n) is 3.97. The number of amides is 2. The van der Waals surface area contributed by atoms with Crippen LogP contribution in [-0.2, 0) is 7.05 Å². The second kappa shape index (κ2) is 8.54. The minimum atomic E-state index is -4.89. The number of anilines is 2. The van der Waals surface area contributed by atoms with Crippen molar-refractivity contribution in [3.8, 4) is 22.8 Å². The van der Waals surface area contributed by atoms with Gasteiger partial charge in [0.05, 0.1) is 29.7 Å². The molecule has 2 amide bonds. The highest BCUT2D eigenvalue weighted by Gasteiger charge is 2.32. The number of carbonyl (C=O) groups excluding carboxylic acids is 1. The number of nitrogens with one attached hydrogen (secondary N) is 2. The Labute approximate surface area is 174 Å². The van der Waals surface area contributed by atoms with Gasteiger partial charge in [-0.3, -0.25) is 4.68 Å². The van der Waals surface area contributed by atoms with E-state index in [4.69, 9.17) is 16.3 Å². The van der Waals surface area contributed by atoms with E-state index in [9.17, 15) is 18.0 Å². The summed E-state index contributed by atoms with van der Waals surface area (Å²) >= 11 is 6.20. The number of hydrogen-bond donors (Lipinski definition) is 2. The molecular formula is C19H16ClF3N4O3. The van der Waals surface area contributed by atoms with Gasteiger partial charge in [-0.25, -0.2) is 4.79 Å². The smallest absolute Gasteiger partial charge is 0.496 e. The molecule has 1 heterocycles. The number of alkyl halides is 3. The average molecular weight is 441 g/mol. The van der Waals surface area contributed by atoms with Gasteiger partial charge >= 0.3 is 12.4 Å². The molecule has 0 aliphatic heterocycles. The highest BCUT2D eigenvalue weighted by molar-refractivity contribution is 6.33. The maximum absolute atomic E-state index is 12.5. The maximum Gasteiger partial charge on any atom is 0.573 e. The van der Waals surface area contributed by atoms with Crippen LogP contribution in [0.1, 0.15) is 0 Å². The number of ether oxygens (including phenoxy) is 2. The third kappa shape index (κ3) is 4.95. The number of halogens is 4. The van der Waals surface area contributed by atoms with Crippen molar-refractivity contribution in [2.45, 2.75) is 6.36 Å². The van der Waals surface area contributed by atoms with Crippen LogP contribution in [-0.4, -0.2) is 29.3 Å². The standard InChI is InChI=1S/C19H16ClF3N4O3/c1-27-17(13(20)10-24-27)12-9-11(7-8-15(12)29-2)25-18(28)26-14-5-3-4-6-16(14)30-19(21,22)23/h3-10H,1-2H3,(H2,25,26,28). The first-order valence-corrected chi connectivity index (χ1v) is 8.84. The molecule has 0 atom stereocenters. The van der Waals surface area contributed by atoms with Crippen LogP contribution in [0.25, 0.3) is 11.3 Å². The molecule has 0 spiro atoms. The summed E-state index contributed by atoms with van der Waals surface area (Å²) in [6.45, 7) is 0. The number of hydrogen-bond acceptors (Lipinski definition) is 4. The van der Waals surface area contributed by atoms with Crippen LogP contribution < -0.4 is 20.1 Å². The fourth-order valence-electron chi connectivity index (χ4n) is 2.75. The van der Waals surface area contributed by atoms with Crippen LogP contribution in [0.3, 0.4) is 0 Å². The number of aromatic nitrogens is 2. The highest BCUT2D eigenvalue weighted by atomic mass is 35.5. The number of para-hydroxylation sites is 2. The number of benzene rings is 2. The van der Waals surface area contributed by atoms with Crippen molar-refractivity contribution < 1.29 is 27.4 Å². The van der Waals surface area contributed by atoms with Gasteiger partial charge in [0, 0.05) is 18.3 Å². The molecule has 7 nitrogen and oxygen atoms in total. The van der Waals surface area contributed by atoms with Gasteiger partial charge in [0.2, 0.25) is 0 Å². The Hall–Kier alpha value is -3.40. The first kappa shape index (κ1) is 21.3. The van der Waals surface area contributed by atoms with E-state index in [0.29, 0.717) is 27.7 Å². The molecular weight excluding hydrogens is 425 g/mol. The molecule has 2 aromatic carbocycles. The summed E-state index contributed by atoms with van der Waals surface area (Å²) in [5, 5.41) is 9.36. The molecule has 0 unspecified atom stereocenters. The molecule has 0 fully saturated rings. The molecule has 0 saturated heterocycles. The molecule has 3 aromatic rings. The summed E-state index contributed by atoms with van der Waals surface area (Å²) in [7, 11) is 3.19. The van der Waals surface area contributed by atoms with E-state index in [2.05, 4.69) is 20.5 Å². The molecule has 0 radical (unpaired) electrons. The topological polar surface area (TPSA) is 77.4 Å². The predicted molar refractivity (Wildman–Crippen MR) is 106 cm³/mol. The Kier molecular flexibility index (Phi) is 6.06. The molecule has 158 valence electrons. The van der Waals surface area contributed by atoms with E-state index < -0.39 is 18.1 Å². The molecule has 0 aliphatic rings. The second-order valence-electron chi connectivity index (χ2n) is 6.00. The van der Waals surface area contributed by atoms with Gasteiger partial charge in [-0.15, -0.1) is 13.2 Å². The van der Waals surface area contributed by atoms with Crippen molar-refractivity contribution in [1.82, 2.24) is 9.78 Å². The lowest BCUT2D eigenvalue weighted by atomic mass is 10.1. The van der Waals surface area contributed by atoms with Crippen molar-refractivity contribution in [2.75, 3.05) is 17.7 Å². The summed E-state index contributed by atoms with van der Waals surface area (Å²) in [4.78, 5) is 12.4. The number of nitrogens with zero attached hydrogens (tertiary/aromatic N) is 2. The predicted octanol–water partition coefficient (Wildman–Crippen LogP) is 5.29. The van der Waals surface area contributed by atoms with Gasteiger partial charge in [-0.2, -0.15) is 5.10 Å². The van der Waals surface area contributed by atoms with Gasteiger partial charge < -0.3 is 20.1 Å². The van der Waals surface area contributed by atoms with Crippen LogP contribution in [0.5, 0.6) is 11.5 Å². The van der Waals surface area contributed by atoms with Crippen molar-refractivity contribution >= 4 is 29.0 Å². The molecule has 30 heavy (non-hydrogen) atoms. The Morgan fingerprint density at radius 2 is 1.87 bits per heavy atom.